The first-order valence-corrected chi connectivity index (χ1v) is 7.19. The maximum absolute atomic E-state index is 11.7. The monoisotopic (exact) mass is 252 g/mol. The molecule has 0 aliphatic heterocycles. The number of rotatable bonds is 7. The van der Waals surface area contributed by atoms with Crippen molar-refractivity contribution in [2.45, 2.75) is 18.9 Å². The van der Waals surface area contributed by atoms with Crippen molar-refractivity contribution in [1.82, 2.24) is 5.32 Å². The SMILES string of the molecule is CSCCCNC(=O)C(N)Cc1ccccc1. The van der Waals surface area contributed by atoms with Crippen LogP contribution in [0.5, 0.6) is 0 Å². The molecule has 3 N–H and O–H groups in total. The Hall–Kier alpha value is -1.00. The molecule has 17 heavy (non-hydrogen) atoms. The Balaban J connectivity index is 2.27. The molecule has 0 fully saturated rings. The predicted molar refractivity (Wildman–Crippen MR) is 74.1 cm³/mol. The third-order valence-corrected chi connectivity index (χ3v) is 3.16. The van der Waals surface area contributed by atoms with Gasteiger partial charge < -0.3 is 11.1 Å². The van der Waals surface area contributed by atoms with Crippen molar-refractivity contribution < 1.29 is 4.79 Å². The summed E-state index contributed by atoms with van der Waals surface area (Å²) in [5, 5.41) is 2.86. The first-order valence-electron chi connectivity index (χ1n) is 5.80. The summed E-state index contributed by atoms with van der Waals surface area (Å²) in [7, 11) is 0. The fraction of sp³-hybridized carbons (Fsp3) is 0.462. The Bertz CT molecular complexity index is 329. The van der Waals surface area contributed by atoms with Gasteiger partial charge in [-0.05, 0) is 30.4 Å². The minimum Gasteiger partial charge on any atom is -0.355 e. The smallest absolute Gasteiger partial charge is 0.237 e. The van der Waals surface area contributed by atoms with Gasteiger partial charge in [0.25, 0.3) is 0 Å². The molecule has 94 valence electrons. The molecular formula is C13H20N2OS. The van der Waals surface area contributed by atoms with Crippen LogP contribution < -0.4 is 11.1 Å². The summed E-state index contributed by atoms with van der Waals surface area (Å²) in [5.74, 6) is 1.00. The molecule has 3 nitrogen and oxygen atoms in total. The molecule has 0 aliphatic carbocycles. The van der Waals surface area contributed by atoms with E-state index < -0.39 is 6.04 Å². The van der Waals surface area contributed by atoms with E-state index in [9.17, 15) is 4.79 Å². The van der Waals surface area contributed by atoms with Gasteiger partial charge >= 0.3 is 0 Å². The number of carbonyl (C=O) groups is 1. The standard InChI is InChI=1S/C13H20N2OS/c1-17-9-5-8-15-13(16)12(14)10-11-6-3-2-4-7-11/h2-4,6-7,12H,5,8-10,14H2,1H3,(H,15,16). The van der Waals surface area contributed by atoms with Gasteiger partial charge in [-0.3, -0.25) is 4.79 Å². The van der Waals surface area contributed by atoms with Crippen molar-refractivity contribution in [2.24, 2.45) is 5.73 Å². The number of hydrogen-bond acceptors (Lipinski definition) is 3. The van der Waals surface area contributed by atoms with Crippen LogP contribution in [0.1, 0.15) is 12.0 Å². The summed E-state index contributed by atoms with van der Waals surface area (Å²) < 4.78 is 0. The van der Waals surface area contributed by atoms with Gasteiger partial charge in [-0.15, -0.1) is 0 Å². The second-order valence-corrected chi connectivity index (χ2v) is 4.92. The fourth-order valence-corrected chi connectivity index (χ4v) is 1.95. The molecule has 0 heterocycles. The molecule has 1 unspecified atom stereocenters. The van der Waals surface area contributed by atoms with Crippen LogP contribution >= 0.6 is 11.8 Å². The van der Waals surface area contributed by atoms with E-state index in [2.05, 4.69) is 11.6 Å². The first kappa shape index (κ1) is 14.1. The Kier molecular flexibility index (Phi) is 6.74. The highest BCUT2D eigenvalue weighted by Gasteiger charge is 2.12. The van der Waals surface area contributed by atoms with E-state index in [4.69, 9.17) is 5.73 Å². The molecule has 1 aromatic carbocycles. The highest BCUT2D eigenvalue weighted by atomic mass is 32.2. The molecule has 0 saturated heterocycles. The van der Waals surface area contributed by atoms with Crippen LogP contribution in [0.15, 0.2) is 30.3 Å². The first-order chi connectivity index (χ1) is 8.24. The van der Waals surface area contributed by atoms with E-state index in [1.807, 2.05) is 30.3 Å². The Labute approximate surface area is 107 Å². The fourth-order valence-electron chi connectivity index (χ4n) is 1.52. The lowest BCUT2D eigenvalue weighted by molar-refractivity contribution is -0.122. The maximum atomic E-state index is 11.7. The van der Waals surface area contributed by atoms with Crippen molar-refractivity contribution in [1.29, 1.82) is 0 Å². The summed E-state index contributed by atoms with van der Waals surface area (Å²) in [5.41, 5.74) is 6.94. The van der Waals surface area contributed by atoms with Crippen molar-refractivity contribution >= 4 is 17.7 Å². The van der Waals surface area contributed by atoms with E-state index in [0.717, 1.165) is 17.7 Å². The van der Waals surface area contributed by atoms with Gasteiger partial charge in [-0.25, -0.2) is 0 Å². The highest BCUT2D eigenvalue weighted by Crippen LogP contribution is 2.02. The van der Waals surface area contributed by atoms with Crippen LogP contribution in [-0.4, -0.2) is 30.5 Å². The number of carbonyl (C=O) groups excluding carboxylic acids is 1. The second-order valence-electron chi connectivity index (χ2n) is 3.93. The second kappa shape index (κ2) is 8.14. The molecule has 0 saturated carbocycles. The lowest BCUT2D eigenvalue weighted by Crippen LogP contribution is -2.42. The summed E-state index contributed by atoms with van der Waals surface area (Å²) in [6.07, 6.45) is 3.64. The minimum atomic E-state index is -0.452. The average Bonchev–Trinajstić information content (AvgIpc) is 2.35. The van der Waals surface area contributed by atoms with Crippen LogP contribution in [0.25, 0.3) is 0 Å². The van der Waals surface area contributed by atoms with Crippen LogP contribution in [-0.2, 0) is 11.2 Å². The number of nitrogens with two attached hydrogens (primary N) is 1. The van der Waals surface area contributed by atoms with E-state index in [1.165, 1.54) is 0 Å². The molecule has 0 aliphatic rings. The molecule has 1 amide bonds. The lowest BCUT2D eigenvalue weighted by Gasteiger charge is -2.12. The van der Waals surface area contributed by atoms with Crippen LogP contribution in [0.3, 0.4) is 0 Å². The third kappa shape index (κ3) is 5.75. The molecular weight excluding hydrogens is 232 g/mol. The number of amides is 1. The minimum absolute atomic E-state index is 0.0602. The number of benzene rings is 1. The molecule has 1 rings (SSSR count). The van der Waals surface area contributed by atoms with E-state index >= 15 is 0 Å². The zero-order valence-corrected chi connectivity index (χ0v) is 11.0. The number of nitrogens with one attached hydrogen (secondary N) is 1. The van der Waals surface area contributed by atoms with Crippen molar-refractivity contribution in [3.63, 3.8) is 0 Å². The molecule has 1 atom stereocenters. The summed E-state index contributed by atoms with van der Waals surface area (Å²) in [4.78, 5) is 11.7. The normalized spacial score (nSPS) is 12.1. The van der Waals surface area contributed by atoms with Gasteiger partial charge in [0.15, 0.2) is 0 Å². The Morgan fingerprint density at radius 2 is 2.12 bits per heavy atom. The topological polar surface area (TPSA) is 55.1 Å². The summed E-state index contributed by atoms with van der Waals surface area (Å²) in [6, 6.07) is 9.39. The molecule has 1 aromatic rings. The van der Waals surface area contributed by atoms with Gasteiger partial charge in [0.1, 0.15) is 0 Å². The number of hydrogen-bond donors (Lipinski definition) is 2. The zero-order chi connectivity index (χ0) is 12.5. The summed E-state index contributed by atoms with van der Waals surface area (Å²) in [6.45, 7) is 0.710. The average molecular weight is 252 g/mol. The zero-order valence-electron chi connectivity index (χ0n) is 10.2. The molecule has 0 spiro atoms. The van der Waals surface area contributed by atoms with Crippen molar-refractivity contribution in [3.8, 4) is 0 Å². The molecule has 4 heteroatoms. The van der Waals surface area contributed by atoms with Gasteiger partial charge in [0.05, 0.1) is 6.04 Å². The predicted octanol–water partition coefficient (Wildman–Crippen LogP) is 1.43. The van der Waals surface area contributed by atoms with Crippen LogP contribution in [0.2, 0.25) is 0 Å². The highest BCUT2D eigenvalue weighted by molar-refractivity contribution is 7.98. The maximum Gasteiger partial charge on any atom is 0.237 e. The largest absolute Gasteiger partial charge is 0.355 e. The van der Waals surface area contributed by atoms with Crippen molar-refractivity contribution in [3.05, 3.63) is 35.9 Å². The van der Waals surface area contributed by atoms with Gasteiger partial charge in [0, 0.05) is 6.54 Å². The van der Waals surface area contributed by atoms with E-state index in [-0.39, 0.29) is 5.91 Å². The molecule has 0 radical (unpaired) electrons. The van der Waals surface area contributed by atoms with Crippen LogP contribution in [0, 0.1) is 0 Å². The Morgan fingerprint density at radius 1 is 1.41 bits per heavy atom. The van der Waals surface area contributed by atoms with E-state index in [0.29, 0.717) is 13.0 Å². The molecule has 0 bridgehead atoms. The Morgan fingerprint density at radius 3 is 2.76 bits per heavy atom. The lowest BCUT2D eigenvalue weighted by atomic mass is 10.1. The van der Waals surface area contributed by atoms with Gasteiger partial charge in [0.2, 0.25) is 5.91 Å². The van der Waals surface area contributed by atoms with Crippen LogP contribution in [0.4, 0.5) is 0 Å². The summed E-state index contributed by atoms with van der Waals surface area (Å²) >= 11 is 1.78. The van der Waals surface area contributed by atoms with Gasteiger partial charge in [-0.2, -0.15) is 11.8 Å². The third-order valence-electron chi connectivity index (χ3n) is 2.46. The van der Waals surface area contributed by atoms with Crippen molar-refractivity contribution in [2.75, 3.05) is 18.6 Å². The molecule has 0 aromatic heterocycles. The van der Waals surface area contributed by atoms with Gasteiger partial charge in [-0.1, -0.05) is 30.3 Å². The van der Waals surface area contributed by atoms with E-state index in [1.54, 1.807) is 11.8 Å². The quantitative estimate of drug-likeness (QED) is 0.722. The number of thioether (sulfide) groups is 1.